The number of para-hydroxylation sites is 1. The zero-order valence-electron chi connectivity index (χ0n) is 10.5. The van der Waals surface area contributed by atoms with E-state index in [0.29, 0.717) is 13.0 Å². The molecule has 1 unspecified atom stereocenters. The second-order valence-electron chi connectivity index (χ2n) is 4.82. The highest BCUT2D eigenvalue weighted by Crippen LogP contribution is 2.34. The summed E-state index contributed by atoms with van der Waals surface area (Å²) in [5.74, 6) is 0. The van der Waals surface area contributed by atoms with Crippen LogP contribution in [0.2, 0.25) is 0 Å². The summed E-state index contributed by atoms with van der Waals surface area (Å²) in [4.78, 5) is 14.3. The number of alkyl halides is 3. The van der Waals surface area contributed by atoms with Gasteiger partial charge in [-0.1, -0.05) is 6.07 Å². The van der Waals surface area contributed by atoms with Crippen molar-refractivity contribution >= 4 is 11.0 Å². The summed E-state index contributed by atoms with van der Waals surface area (Å²) in [6, 6.07) is 3.77. The van der Waals surface area contributed by atoms with Crippen LogP contribution in [0.1, 0.15) is 31.1 Å². The highest BCUT2D eigenvalue weighted by atomic mass is 19.4. The van der Waals surface area contributed by atoms with E-state index in [1.54, 1.807) is 0 Å². The summed E-state index contributed by atoms with van der Waals surface area (Å²) in [5, 5.41) is 0. The molecule has 1 aromatic carbocycles. The summed E-state index contributed by atoms with van der Waals surface area (Å²) in [6.45, 7) is 0.517. The largest absolute Gasteiger partial charge is 0.418 e. The van der Waals surface area contributed by atoms with Gasteiger partial charge in [-0.3, -0.25) is 4.57 Å². The lowest BCUT2D eigenvalue weighted by Crippen LogP contribution is -2.26. The summed E-state index contributed by atoms with van der Waals surface area (Å²) >= 11 is 0. The molecule has 7 heteroatoms. The number of ether oxygens (including phenoxy) is 1. The second kappa shape index (κ2) is 4.66. The van der Waals surface area contributed by atoms with Gasteiger partial charge in [-0.2, -0.15) is 13.2 Å². The number of halogens is 3. The first-order valence-electron chi connectivity index (χ1n) is 6.40. The molecule has 2 aromatic rings. The summed E-state index contributed by atoms with van der Waals surface area (Å²) in [7, 11) is 0. The highest BCUT2D eigenvalue weighted by Gasteiger charge is 2.34. The molecule has 1 aliphatic heterocycles. The third-order valence-electron chi connectivity index (χ3n) is 3.50. The normalized spacial score (nSPS) is 20.4. The molecule has 3 rings (SSSR count). The van der Waals surface area contributed by atoms with Gasteiger partial charge in [0, 0.05) is 6.61 Å². The Hall–Kier alpha value is -1.76. The molecule has 4 nitrogen and oxygen atoms in total. The molecular formula is C13H13F3N2O2. The highest BCUT2D eigenvalue weighted by molar-refractivity contribution is 5.79. The predicted molar refractivity (Wildman–Crippen MR) is 66.4 cm³/mol. The van der Waals surface area contributed by atoms with Crippen LogP contribution in [-0.2, 0) is 10.9 Å². The molecule has 0 radical (unpaired) electrons. The average Bonchev–Trinajstić information content (AvgIpc) is 2.74. The van der Waals surface area contributed by atoms with Crippen molar-refractivity contribution in [2.24, 2.45) is 0 Å². The molecule has 0 aliphatic carbocycles. The number of fused-ring (bicyclic) bond motifs is 1. The molecule has 20 heavy (non-hydrogen) atoms. The first-order chi connectivity index (χ1) is 9.48. The number of rotatable bonds is 1. The molecule has 0 spiro atoms. The van der Waals surface area contributed by atoms with E-state index in [9.17, 15) is 18.0 Å². The van der Waals surface area contributed by atoms with E-state index < -0.39 is 23.7 Å². The number of H-pyrrole nitrogens is 1. The van der Waals surface area contributed by atoms with Gasteiger partial charge < -0.3 is 9.72 Å². The molecule has 0 saturated carbocycles. The van der Waals surface area contributed by atoms with Gasteiger partial charge in [0.1, 0.15) is 6.23 Å². The molecule has 1 saturated heterocycles. The Balaban J connectivity index is 2.19. The molecule has 0 amide bonds. The molecular weight excluding hydrogens is 273 g/mol. The quantitative estimate of drug-likeness (QED) is 0.875. The molecule has 108 valence electrons. The van der Waals surface area contributed by atoms with Crippen LogP contribution in [0.5, 0.6) is 0 Å². The van der Waals surface area contributed by atoms with Gasteiger partial charge in [-0.25, -0.2) is 4.79 Å². The fraction of sp³-hybridized carbons (Fsp3) is 0.462. The average molecular weight is 286 g/mol. The van der Waals surface area contributed by atoms with Crippen LogP contribution in [0.3, 0.4) is 0 Å². The molecule has 1 aliphatic rings. The van der Waals surface area contributed by atoms with Gasteiger partial charge in [0.25, 0.3) is 0 Å². The van der Waals surface area contributed by atoms with Crippen LogP contribution in [0.4, 0.5) is 13.2 Å². The predicted octanol–water partition coefficient (Wildman–Crippen LogP) is 3.05. The Bertz CT molecular complexity index is 681. The Labute approximate surface area is 112 Å². The molecule has 1 N–H and O–H groups in total. The zero-order valence-corrected chi connectivity index (χ0v) is 10.5. The minimum absolute atomic E-state index is 0.181. The maximum absolute atomic E-state index is 12.9. The summed E-state index contributed by atoms with van der Waals surface area (Å²) in [6.07, 6.45) is -2.57. The molecule has 2 heterocycles. The van der Waals surface area contributed by atoms with E-state index in [2.05, 4.69) is 4.98 Å². The van der Waals surface area contributed by atoms with E-state index in [4.69, 9.17) is 4.74 Å². The van der Waals surface area contributed by atoms with Crippen molar-refractivity contribution in [3.05, 3.63) is 34.2 Å². The first kappa shape index (κ1) is 13.2. The number of hydrogen-bond acceptors (Lipinski definition) is 2. The fourth-order valence-corrected chi connectivity index (χ4v) is 2.60. The molecule has 1 atom stereocenters. The fourth-order valence-electron chi connectivity index (χ4n) is 2.60. The van der Waals surface area contributed by atoms with Gasteiger partial charge in [-0.15, -0.1) is 0 Å². The SMILES string of the molecule is O=c1[nH]c2c(C(F)(F)F)cccc2n1C1CCCCO1. The van der Waals surface area contributed by atoms with Gasteiger partial charge in [0.2, 0.25) is 0 Å². The van der Waals surface area contributed by atoms with Gasteiger partial charge in [-0.05, 0) is 31.4 Å². The third-order valence-corrected chi connectivity index (χ3v) is 3.50. The number of benzene rings is 1. The Kier molecular flexibility index (Phi) is 3.08. The monoisotopic (exact) mass is 286 g/mol. The zero-order chi connectivity index (χ0) is 14.3. The smallest absolute Gasteiger partial charge is 0.358 e. The first-order valence-corrected chi connectivity index (χ1v) is 6.40. The van der Waals surface area contributed by atoms with Crippen LogP contribution in [0.25, 0.3) is 11.0 Å². The standard InChI is InChI=1S/C13H13F3N2O2/c14-13(15,16)8-4-3-5-9-11(8)17-12(19)18(9)10-6-1-2-7-20-10/h3-5,10H,1-2,6-7H2,(H,17,19). The molecule has 1 aromatic heterocycles. The van der Waals surface area contributed by atoms with Crippen molar-refractivity contribution in [3.8, 4) is 0 Å². The Morgan fingerprint density at radius 1 is 1.30 bits per heavy atom. The van der Waals surface area contributed by atoms with Gasteiger partial charge in [0.15, 0.2) is 0 Å². The van der Waals surface area contributed by atoms with Gasteiger partial charge >= 0.3 is 11.9 Å². The van der Waals surface area contributed by atoms with E-state index in [1.807, 2.05) is 0 Å². The number of nitrogens with one attached hydrogen (secondary N) is 1. The molecule has 1 fully saturated rings. The van der Waals surface area contributed by atoms with Crippen LogP contribution in [0, 0.1) is 0 Å². The van der Waals surface area contributed by atoms with Crippen LogP contribution in [-0.4, -0.2) is 16.2 Å². The second-order valence-corrected chi connectivity index (χ2v) is 4.82. The summed E-state index contributed by atoms with van der Waals surface area (Å²) in [5.41, 5.74) is -1.35. The van der Waals surface area contributed by atoms with E-state index in [1.165, 1.54) is 16.7 Å². The van der Waals surface area contributed by atoms with Crippen molar-refractivity contribution in [1.29, 1.82) is 0 Å². The van der Waals surface area contributed by atoms with Crippen LogP contribution >= 0.6 is 0 Å². The lowest BCUT2D eigenvalue weighted by atomic mass is 10.1. The number of aromatic amines is 1. The van der Waals surface area contributed by atoms with Crippen molar-refractivity contribution in [2.75, 3.05) is 6.61 Å². The van der Waals surface area contributed by atoms with E-state index in [0.717, 1.165) is 18.9 Å². The van der Waals surface area contributed by atoms with Crippen LogP contribution < -0.4 is 5.69 Å². The Morgan fingerprint density at radius 2 is 2.10 bits per heavy atom. The summed E-state index contributed by atoms with van der Waals surface area (Å²) < 4.78 is 45.6. The van der Waals surface area contributed by atoms with E-state index in [-0.39, 0.29) is 11.0 Å². The minimum atomic E-state index is -4.50. The van der Waals surface area contributed by atoms with E-state index >= 15 is 0 Å². The van der Waals surface area contributed by atoms with Crippen LogP contribution in [0.15, 0.2) is 23.0 Å². The maximum atomic E-state index is 12.9. The maximum Gasteiger partial charge on any atom is 0.418 e. The van der Waals surface area contributed by atoms with Gasteiger partial charge in [0.05, 0.1) is 16.6 Å². The number of imidazole rings is 1. The van der Waals surface area contributed by atoms with Crippen molar-refractivity contribution < 1.29 is 17.9 Å². The lowest BCUT2D eigenvalue weighted by molar-refractivity contribution is -0.136. The van der Waals surface area contributed by atoms with Crippen molar-refractivity contribution in [1.82, 2.24) is 9.55 Å². The third kappa shape index (κ3) is 2.11. The minimum Gasteiger partial charge on any atom is -0.358 e. The molecule has 0 bridgehead atoms. The topological polar surface area (TPSA) is 47.0 Å². The Morgan fingerprint density at radius 3 is 2.75 bits per heavy atom. The number of nitrogens with zero attached hydrogens (tertiary/aromatic N) is 1. The van der Waals surface area contributed by atoms with Crippen molar-refractivity contribution in [3.63, 3.8) is 0 Å². The van der Waals surface area contributed by atoms with Crippen molar-refractivity contribution in [2.45, 2.75) is 31.7 Å². The lowest BCUT2D eigenvalue weighted by Gasteiger charge is -2.23. The number of hydrogen-bond donors (Lipinski definition) is 1. The number of aromatic nitrogens is 2.